The number of hydrogen-bond acceptors (Lipinski definition) is 7. The van der Waals surface area contributed by atoms with E-state index in [4.69, 9.17) is 29.5 Å². The maximum Gasteiger partial charge on any atom is 0.0880 e. The van der Waals surface area contributed by atoms with Crippen LogP contribution in [0.4, 0.5) is 0 Å². The highest BCUT2D eigenvalue weighted by atomic mass is 16.5. The summed E-state index contributed by atoms with van der Waals surface area (Å²) in [5.74, 6) is 0. The topological polar surface area (TPSA) is 109 Å². The molecule has 0 amide bonds. The molecule has 0 aromatic heterocycles. The summed E-state index contributed by atoms with van der Waals surface area (Å²) in [6.45, 7) is 2.88. The Morgan fingerprint density at radius 3 is 1.41 bits per heavy atom. The fourth-order valence-electron chi connectivity index (χ4n) is 2.87. The number of unbranched alkanes of at least 4 members (excludes halogenated alkanes) is 6. The Hall–Kier alpha value is -0.280. The van der Waals surface area contributed by atoms with Gasteiger partial charge in [-0.3, -0.25) is 0 Å². The zero-order valence-corrected chi connectivity index (χ0v) is 16.9. The molecule has 0 aliphatic carbocycles. The van der Waals surface area contributed by atoms with Gasteiger partial charge in [0.1, 0.15) is 0 Å². The van der Waals surface area contributed by atoms with Gasteiger partial charge in [-0.25, -0.2) is 0 Å². The molecule has 0 saturated carbocycles. The van der Waals surface area contributed by atoms with Gasteiger partial charge in [0, 0.05) is 13.2 Å². The molecular weight excluding hydrogens is 352 g/mol. The maximum absolute atomic E-state index is 10.9. The predicted octanol–water partition coefficient (Wildman–Crippen LogP) is 1.65. The molecule has 0 fully saturated rings. The van der Waals surface area contributed by atoms with Crippen LogP contribution in [0.5, 0.6) is 0 Å². The quantitative estimate of drug-likeness (QED) is 0.207. The minimum Gasteiger partial charge on any atom is -0.396 e. The van der Waals surface area contributed by atoms with Crippen LogP contribution in [0.2, 0.25) is 0 Å². The molecule has 0 unspecified atom stereocenters. The maximum atomic E-state index is 10.9. The lowest BCUT2D eigenvalue weighted by Gasteiger charge is -2.28. The zero-order chi connectivity index (χ0) is 20.1. The van der Waals surface area contributed by atoms with E-state index in [1.54, 1.807) is 0 Å². The van der Waals surface area contributed by atoms with Gasteiger partial charge in [-0.1, -0.05) is 38.5 Å². The standard InChI is InChI=1S/C20H42O7/c21-11-7-3-1-5-9-20(24,10-6-2-4-8-12-22)19-27-18-17-26-16-15-25-14-13-23/h21-24H,1-19H2. The first kappa shape index (κ1) is 26.7. The Labute approximate surface area is 164 Å². The third-order valence-electron chi connectivity index (χ3n) is 4.45. The van der Waals surface area contributed by atoms with E-state index in [9.17, 15) is 5.11 Å². The molecule has 7 heteroatoms. The van der Waals surface area contributed by atoms with Gasteiger partial charge in [0.2, 0.25) is 0 Å². The molecule has 0 rings (SSSR count). The molecule has 0 aromatic carbocycles. The highest BCUT2D eigenvalue weighted by molar-refractivity contribution is 4.78. The van der Waals surface area contributed by atoms with E-state index in [-0.39, 0.29) is 19.8 Å². The predicted molar refractivity (Wildman–Crippen MR) is 105 cm³/mol. The van der Waals surface area contributed by atoms with E-state index in [0.717, 1.165) is 51.4 Å². The fourth-order valence-corrected chi connectivity index (χ4v) is 2.87. The van der Waals surface area contributed by atoms with Crippen LogP contribution in [0.1, 0.15) is 64.2 Å². The third kappa shape index (κ3) is 18.8. The Bertz CT molecular complexity index is 276. The Morgan fingerprint density at radius 2 is 0.926 bits per heavy atom. The van der Waals surface area contributed by atoms with E-state index in [1.807, 2.05) is 0 Å². The van der Waals surface area contributed by atoms with Crippen LogP contribution in [0.3, 0.4) is 0 Å². The molecule has 4 N–H and O–H groups in total. The molecule has 0 heterocycles. The molecule has 0 atom stereocenters. The van der Waals surface area contributed by atoms with Crippen molar-refractivity contribution in [1.82, 2.24) is 0 Å². The number of aliphatic hydroxyl groups is 4. The average Bonchev–Trinajstić information content (AvgIpc) is 2.66. The minimum absolute atomic E-state index is 0.0156. The Kier molecular flexibility index (Phi) is 20.2. The Morgan fingerprint density at radius 1 is 0.481 bits per heavy atom. The first-order valence-corrected chi connectivity index (χ1v) is 10.5. The first-order chi connectivity index (χ1) is 13.2. The first-order valence-electron chi connectivity index (χ1n) is 10.5. The van der Waals surface area contributed by atoms with Crippen LogP contribution in [-0.4, -0.2) is 85.5 Å². The largest absolute Gasteiger partial charge is 0.396 e. The molecule has 0 radical (unpaired) electrons. The van der Waals surface area contributed by atoms with Crippen molar-refractivity contribution in [3.63, 3.8) is 0 Å². The number of aliphatic hydroxyl groups excluding tert-OH is 3. The normalized spacial score (nSPS) is 12.0. The SMILES string of the molecule is OCCCCCCC(O)(CCCCCCO)COCCOCCOCCO. The highest BCUT2D eigenvalue weighted by Crippen LogP contribution is 2.23. The summed E-state index contributed by atoms with van der Waals surface area (Å²) in [4.78, 5) is 0. The summed E-state index contributed by atoms with van der Waals surface area (Å²) in [6.07, 6.45) is 8.86. The summed E-state index contributed by atoms with van der Waals surface area (Å²) in [5.41, 5.74) is -0.817. The highest BCUT2D eigenvalue weighted by Gasteiger charge is 2.26. The van der Waals surface area contributed by atoms with Crippen LogP contribution < -0.4 is 0 Å². The Balaban J connectivity index is 3.94. The van der Waals surface area contributed by atoms with Crippen LogP contribution in [0.25, 0.3) is 0 Å². The molecule has 0 aliphatic rings. The second kappa shape index (κ2) is 20.5. The summed E-state index contributed by atoms with van der Waals surface area (Å²) in [6, 6.07) is 0. The zero-order valence-electron chi connectivity index (χ0n) is 16.9. The molecule has 27 heavy (non-hydrogen) atoms. The van der Waals surface area contributed by atoms with E-state index in [2.05, 4.69) is 0 Å². The van der Waals surface area contributed by atoms with Gasteiger partial charge in [0.25, 0.3) is 0 Å². The molecule has 164 valence electrons. The van der Waals surface area contributed by atoms with Crippen molar-refractivity contribution in [2.24, 2.45) is 0 Å². The van der Waals surface area contributed by atoms with Gasteiger partial charge in [-0.05, 0) is 25.7 Å². The van der Waals surface area contributed by atoms with E-state index < -0.39 is 5.60 Å². The molecular formula is C20H42O7. The van der Waals surface area contributed by atoms with Crippen molar-refractivity contribution in [2.45, 2.75) is 69.8 Å². The lowest BCUT2D eigenvalue weighted by Crippen LogP contribution is -2.35. The van der Waals surface area contributed by atoms with Crippen molar-refractivity contribution in [3.05, 3.63) is 0 Å². The van der Waals surface area contributed by atoms with Crippen molar-refractivity contribution < 1.29 is 34.6 Å². The van der Waals surface area contributed by atoms with Gasteiger partial charge < -0.3 is 34.6 Å². The molecule has 0 aromatic rings. The van der Waals surface area contributed by atoms with Crippen LogP contribution in [0, 0.1) is 0 Å². The van der Waals surface area contributed by atoms with Crippen LogP contribution >= 0.6 is 0 Å². The van der Waals surface area contributed by atoms with Gasteiger partial charge in [0.15, 0.2) is 0 Å². The summed E-state index contributed by atoms with van der Waals surface area (Å²) >= 11 is 0. The van der Waals surface area contributed by atoms with Crippen molar-refractivity contribution in [1.29, 1.82) is 0 Å². The summed E-state index contributed by atoms with van der Waals surface area (Å²) in [5, 5.41) is 37.2. The van der Waals surface area contributed by atoms with Gasteiger partial charge >= 0.3 is 0 Å². The van der Waals surface area contributed by atoms with Gasteiger partial charge in [-0.2, -0.15) is 0 Å². The lowest BCUT2D eigenvalue weighted by atomic mass is 9.90. The van der Waals surface area contributed by atoms with E-state index in [0.29, 0.717) is 52.5 Å². The molecule has 0 saturated heterocycles. The smallest absolute Gasteiger partial charge is 0.0880 e. The summed E-state index contributed by atoms with van der Waals surface area (Å²) in [7, 11) is 0. The van der Waals surface area contributed by atoms with Crippen molar-refractivity contribution >= 4 is 0 Å². The molecule has 0 bridgehead atoms. The monoisotopic (exact) mass is 394 g/mol. The second-order valence-electron chi connectivity index (χ2n) is 7.00. The van der Waals surface area contributed by atoms with E-state index in [1.165, 1.54) is 0 Å². The van der Waals surface area contributed by atoms with Gasteiger partial charge in [0.05, 0.1) is 51.8 Å². The average molecular weight is 395 g/mol. The third-order valence-corrected chi connectivity index (χ3v) is 4.45. The lowest BCUT2D eigenvalue weighted by molar-refractivity contribution is -0.0720. The number of ether oxygens (including phenoxy) is 3. The van der Waals surface area contributed by atoms with E-state index >= 15 is 0 Å². The van der Waals surface area contributed by atoms with Gasteiger partial charge in [-0.15, -0.1) is 0 Å². The van der Waals surface area contributed by atoms with Crippen LogP contribution in [-0.2, 0) is 14.2 Å². The number of hydrogen-bond donors (Lipinski definition) is 4. The van der Waals surface area contributed by atoms with Crippen molar-refractivity contribution in [2.75, 3.05) is 59.5 Å². The van der Waals surface area contributed by atoms with Crippen LogP contribution in [0.15, 0.2) is 0 Å². The molecule has 0 aliphatic heterocycles. The molecule has 7 nitrogen and oxygen atoms in total. The fraction of sp³-hybridized carbons (Fsp3) is 1.00. The molecule has 0 spiro atoms. The minimum atomic E-state index is -0.817. The number of rotatable bonds is 22. The van der Waals surface area contributed by atoms with Crippen molar-refractivity contribution in [3.8, 4) is 0 Å². The second-order valence-corrected chi connectivity index (χ2v) is 7.00. The summed E-state index contributed by atoms with van der Waals surface area (Å²) < 4.78 is 16.1.